The van der Waals surface area contributed by atoms with E-state index in [1.54, 1.807) is 11.9 Å². The highest BCUT2D eigenvalue weighted by atomic mass is 16.5. The molecule has 98 valence electrons. The van der Waals surface area contributed by atoms with Gasteiger partial charge in [-0.1, -0.05) is 13.3 Å². The van der Waals surface area contributed by atoms with Gasteiger partial charge < -0.3 is 15.0 Å². The molecule has 0 aromatic heterocycles. The zero-order chi connectivity index (χ0) is 12.8. The molecule has 1 fully saturated rings. The number of rotatable bonds is 5. The number of likely N-dealkylation sites (N-methyl/N-ethyl adjacent to an activating group) is 1. The van der Waals surface area contributed by atoms with Crippen molar-refractivity contribution in [1.29, 1.82) is 0 Å². The third-order valence-electron chi connectivity index (χ3n) is 3.23. The van der Waals surface area contributed by atoms with E-state index in [-0.39, 0.29) is 24.0 Å². The number of hydrogen-bond donors (Lipinski definition) is 1. The Labute approximate surface area is 102 Å². The lowest BCUT2D eigenvalue weighted by Crippen LogP contribution is -2.49. The fraction of sp³-hybridized carbons (Fsp3) is 0.833. The van der Waals surface area contributed by atoms with Gasteiger partial charge in [-0.15, -0.1) is 0 Å². The summed E-state index contributed by atoms with van der Waals surface area (Å²) in [5.74, 6) is -0.288. The molecule has 0 aromatic rings. The van der Waals surface area contributed by atoms with E-state index >= 15 is 0 Å². The molecule has 2 atom stereocenters. The average molecular weight is 242 g/mol. The van der Waals surface area contributed by atoms with Crippen LogP contribution in [0.2, 0.25) is 0 Å². The van der Waals surface area contributed by atoms with Crippen LogP contribution in [-0.2, 0) is 14.3 Å². The number of carbonyl (C=O) groups is 2. The maximum Gasteiger partial charge on any atom is 0.328 e. The van der Waals surface area contributed by atoms with E-state index < -0.39 is 0 Å². The van der Waals surface area contributed by atoms with Crippen molar-refractivity contribution in [3.8, 4) is 0 Å². The lowest BCUT2D eigenvalue weighted by atomic mass is 10.1. The van der Waals surface area contributed by atoms with Crippen molar-refractivity contribution in [2.75, 3.05) is 20.7 Å². The number of amides is 1. The largest absolute Gasteiger partial charge is 0.467 e. The minimum atomic E-state index is -0.389. The fourth-order valence-electron chi connectivity index (χ4n) is 2.29. The summed E-state index contributed by atoms with van der Waals surface area (Å²) in [7, 11) is 3.15. The van der Waals surface area contributed by atoms with Crippen LogP contribution in [0.5, 0.6) is 0 Å². The number of methoxy groups -OCH3 is 1. The molecule has 5 nitrogen and oxygen atoms in total. The fourth-order valence-corrected chi connectivity index (χ4v) is 2.29. The SMILES string of the molecule is CCC[C@H](NC)C(=O)N1CCC[C@H]1C(=O)OC. The third kappa shape index (κ3) is 3.19. The number of likely N-dealkylation sites (tertiary alicyclic amines) is 1. The van der Waals surface area contributed by atoms with Crippen molar-refractivity contribution in [2.45, 2.75) is 44.7 Å². The van der Waals surface area contributed by atoms with Crippen LogP contribution in [0.1, 0.15) is 32.6 Å². The molecular formula is C12H22N2O3. The molecular weight excluding hydrogens is 220 g/mol. The lowest BCUT2D eigenvalue weighted by Gasteiger charge is -2.27. The summed E-state index contributed by atoms with van der Waals surface area (Å²) in [5, 5.41) is 3.01. The van der Waals surface area contributed by atoms with Crippen LogP contribution >= 0.6 is 0 Å². The second-order valence-corrected chi connectivity index (χ2v) is 4.34. The third-order valence-corrected chi connectivity index (χ3v) is 3.23. The molecule has 1 saturated heterocycles. The maximum atomic E-state index is 12.3. The number of nitrogens with zero attached hydrogens (tertiary/aromatic N) is 1. The molecule has 1 aliphatic rings. The van der Waals surface area contributed by atoms with Crippen molar-refractivity contribution >= 4 is 11.9 Å². The van der Waals surface area contributed by atoms with E-state index in [9.17, 15) is 9.59 Å². The first-order chi connectivity index (χ1) is 8.15. The highest BCUT2D eigenvalue weighted by molar-refractivity contribution is 5.88. The first kappa shape index (κ1) is 14.0. The summed E-state index contributed by atoms with van der Waals surface area (Å²) in [6.07, 6.45) is 3.31. The second-order valence-electron chi connectivity index (χ2n) is 4.34. The number of nitrogens with one attached hydrogen (secondary N) is 1. The number of hydrogen-bond acceptors (Lipinski definition) is 4. The van der Waals surface area contributed by atoms with E-state index in [0.717, 1.165) is 19.3 Å². The number of carbonyl (C=O) groups excluding carboxylic acids is 2. The van der Waals surface area contributed by atoms with Crippen LogP contribution in [-0.4, -0.2) is 49.6 Å². The first-order valence-electron chi connectivity index (χ1n) is 6.21. The van der Waals surface area contributed by atoms with Gasteiger partial charge in [-0.25, -0.2) is 4.79 Å². The predicted octanol–water partition coefficient (Wildman–Crippen LogP) is 0.539. The van der Waals surface area contributed by atoms with Gasteiger partial charge in [0, 0.05) is 6.54 Å². The van der Waals surface area contributed by atoms with Crippen LogP contribution < -0.4 is 5.32 Å². The number of esters is 1. The van der Waals surface area contributed by atoms with Gasteiger partial charge in [-0.3, -0.25) is 4.79 Å². The molecule has 0 saturated carbocycles. The minimum absolute atomic E-state index is 0.0160. The lowest BCUT2D eigenvalue weighted by molar-refractivity contribution is -0.151. The highest BCUT2D eigenvalue weighted by Crippen LogP contribution is 2.20. The Morgan fingerprint density at radius 2 is 2.24 bits per heavy atom. The van der Waals surface area contributed by atoms with E-state index in [2.05, 4.69) is 5.32 Å². The van der Waals surface area contributed by atoms with Crippen molar-refractivity contribution in [3.05, 3.63) is 0 Å². The van der Waals surface area contributed by atoms with E-state index in [4.69, 9.17) is 4.74 Å². The van der Waals surface area contributed by atoms with Crippen molar-refractivity contribution in [3.63, 3.8) is 0 Å². The second kappa shape index (κ2) is 6.59. The van der Waals surface area contributed by atoms with Crippen LogP contribution in [0.25, 0.3) is 0 Å². The van der Waals surface area contributed by atoms with Gasteiger partial charge in [0.2, 0.25) is 5.91 Å². The Morgan fingerprint density at radius 3 is 2.76 bits per heavy atom. The molecule has 0 aliphatic carbocycles. The molecule has 5 heteroatoms. The molecule has 1 aliphatic heterocycles. The first-order valence-corrected chi connectivity index (χ1v) is 6.21. The van der Waals surface area contributed by atoms with Crippen LogP contribution in [0, 0.1) is 0 Å². The molecule has 0 spiro atoms. The van der Waals surface area contributed by atoms with Gasteiger partial charge in [0.15, 0.2) is 0 Å². The molecule has 1 heterocycles. The van der Waals surface area contributed by atoms with Gasteiger partial charge >= 0.3 is 5.97 Å². The Bertz CT molecular complexity index is 281. The number of ether oxygens (including phenoxy) is 1. The topological polar surface area (TPSA) is 58.6 Å². The van der Waals surface area contributed by atoms with Crippen molar-refractivity contribution in [1.82, 2.24) is 10.2 Å². The van der Waals surface area contributed by atoms with Crippen molar-refractivity contribution < 1.29 is 14.3 Å². The monoisotopic (exact) mass is 242 g/mol. The average Bonchev–Trinajstić information content (AvgIpc) is 2.83. The van der Waals surface area contributed by atoms with Gasteiger partial charge in [-0.05, 0) is 26.3 Å². The van der Waals surface area contributed by atoms with E-state index in [1.807, 2.05) is 6.92 Å². The van der Waals surface area contributed by atoms with Gasteiger partial charge in [0.1, 0.15) is 6.04 Å². The van der Waals surface area contributed by atoms with E-state index in [0.29, 0.717) is 13.0 Å². The smallest absolute Gasteiger partial charge is 0.328 e. The van der Waals surface area contributed by atoms with Gasteiger partial charge in [0.05, 0.1) is 13.2 Å². The Hall–Kier alpha value is -1.10. The quantitative estimate of drug-likeness (QED) is 0.715. The van der Waals surface area contributed by atoms with Crippen LogP contribution in [0.4, 0.5) is 0 Å². The van der Waals surface area contributed by atoms with Crippen LogP contribution in [0.15, 0.2) is 0 Å². The zero-order valence-corrected chi connectivity index (χ0v) is 10.9. The molecule has 1 amide bonds. The molecule has 0 bridgehead atoms. The Morgan fingerprint density at radius 1 is 1.53 bits per heavy atom. The standard InChI is InChI=1S/C12H22N2O3/c1-4-6-9(13-2)11(15)14-8-5-7-10(14)12(16)17-3/h9-10,13H,4-8H2,1-3H3/t9-,10-/m0/s1. The Kier molecular flexibility index (Phi) is 5.41. The van der Waals surface area contributed by atoms with Gasteiger partial charge in [0.25, 0.3) is 0 Å². The molecule has 1 N–H and O–H groups in total. The highest BCUT2D eigenvalue weighted by Gasteiger charge is 2.36. The summed E-state index contributed by atoms with van der Waals surface area (Å²) < 4.78 is 4.73. The molecule has 0 unspecified atom stereocenters. The minimum Gasteiger partial charge on any atom is -0.467 e. The summed E-state index contributed by atoms with van der Waals surface area (Å²) in [5.41, 5.74) is 0. The van der Waals surface area contributed by atoms with Crippen molar-refractivity contribution in [2.24, 2.45) is 0 Å². The summed E-state index contributed by atoms with van der Waals surface area (Å²) in [6.45, 7) is 2.69. The summed E-state index contributed by atoms with van der Waals surface area (Å²) >= 11 is 0. The molecule has 17 heavy (non-hydrogen) atoms. The van der Waals surface area contributed by atoms with Crippen LogP contribution in [0.3, 0.4) is 0 Å². The maximum absolute atomic E-state index is 12.3. The molecule has 0 aromatic carbocycles. The summed E-state index contributed by atoms with van der Waals surface area (Å²) in [4.78, 5) is 25.5. The predicted molar refractivity (Wildman–Crippen MR) is 64.5 cm³/mol. The Balaban J connectivity index is 2.69. The van der Waals surface area contributed by atoms with Gasteiger partial charge in [-0.2, -0.15) is 0 Å². The zero-order valence-electron chi connectivity index (χ0n) is 10.9. The molecule has 1 rings (SSSR count). The van der Waals surface area contributed by atoms with E-state index in [1.165, 1.54) is 7.11 Å². The normalized spacial score (nSPS) is 21.4. The molecule has 0 radical (unpaired) electrons. The summed E-state index contributed by atoms with van der Waals surface area (Å²) in [6, 6.07) is -0.578.